The minimum Gasteiger partial charge on any atom is -0.347 e. The third-order valence-electron chi connectivity index (χ3n) is 1.54. The molecule has 0 unspecified atom stereocenters. The van der Waals surface area contributed by atoms with Crippen molar-refractivity contribution in [3.8, 4) is 0 Å². The summed E-state index contributed by atoms with van der Waals surface area (Å²) in [6.07, 6.45) is 0. The van der Waals surface area contributed by atoms with Crippen LogP contribution in [0.4, 0.5) is 0 Å². The highest BCUT2D eigenvalue weighted by atomic mass is 32.2. The third-order valence-corrected chi connectivity index (χ3v) is 3.37. The molecule has 88 valence electrons. The number of hydrogen-bond donors (Lipinski definition) is 3. The lowest BCUT2D eigenvalue weighted by molar-refractivity contribution is -0.139. The molecule has 2 amide bonds. The lowest BCUT2D eigenvalue weighted by Crippen LogP contribution is -2.44. The predicted octanol–water partition coefficient (Wildman–Crippen LogP) is -3.02. The van der Waals surface area contributed by atoms with Crippen LogP contribution < -0.4 is 16.6 Å². The largest absolute Gasteiger partial charge is 0.347 e. The van der Waals surface area contributed by atoms with Gasteiger partial charge in [-0.25, -0.2) is 18.6 Å². The fourth-order valence-electron chi connectivity index (χ4n) is 0.622. The highest BCUT2D eigenvalue weighted by Crippen LogP contribution is 1.91. The van der Waals surface area contributed by atoms with Crippen molar-refractivity contribution in [1.82, 2.24) is 15.0 Å². The monoisotopic (exact) mass is 238 g/mol. The number of sulfonamides is 1. The molecule has 0 bridgehead atoms. The zero-order valence-corrected chi connectivity index (χ0v) is 9.30. The van der Waals surface area contributed by atoms with Crippen molar-refractivity contribution >= 4 is 21.8 Å². The van der Waals surface area contributed by atoms with Gasteiger partial charge in [0.2, 0.25) is 10.0 Å². The second kappa shape index (κ2) is 5.63. The second-order valence-corrected chi connectivity index (χ2v) is 5.13. The molecule has 8 nitrogen and oxygen atoms in total. The molecule has 0 aliphatic rings. The molecular formula is C6H14N4O4S. The van der Waals surface area contributed by atoms with Crippen LogP contribution in [0.5, 0.6) is 0 Å². The van der Waals surface area contributed by atoms with E-state index in [0.29, 0.717) is 0 Å². The van der Waals surface area contributed by atoms with Crippen LogP contribution in [0, 0.1) is 0 Å². The van der Waals surface area contributed by atoms with Gasteiger partial charge in [-0.05, 0) is 0 Å². The van der Waals surface area contributed by atoms with E-state index in [9.17, 15) is 18.0 Å². The minimum absolute atomic E-state index is 0.146. The highest BCUT2D eigenvalue weighted by Gasteiger charge is 2.15. The van der Waals surface area contributed by atoms with Crippen molar-refractivity contribution in [2.45, 2.75) is 0 Å². The maximum atomic E-state index is 11.2. The van der Waals surface area contributed by atoms with E-state index >= 15 is 0 Å². The van der Waals surface area contributed by atoms with Crippen molar-refractivity contribution in [2.75, 3.05) is 26.4 Å². The summed E-state index contributed by atoms with van der Waals surface area (Å²) in [7, 11) is -0.613. The Morgan fingerprint density at radius 1 is 1.27 bits per heavy atom. The van der Waals surface area contributed by atoms with Crippen LogP contribution in [0.25, 0.3) is 0 Å². The van der Waals surface area contributed by atoms with Crippen molar-refractivity contribution in [1.29, 1.82) is 0 Å². The lowest BCUT2D eigenvalue weighted by Gasteiger charge is -2.11. The number of amides is 2. The molecule has 0 atom stereocenters. The molecule has 0 aliphatic heterocycles. The molecule has 0 radical (unpaired) electrons. The van der Waals surface area contributed by atoms with Crippen LogP contribution in [-0.2, 0) is 19.6 Å². The summed E-state index contributed by atoms with van der Waals surface area (Å²) in [5.74, 6) is 2.43. The predicted molar refractivity (Wildman–Crippen MR) is 52.8 cm³/mol. The molecule has 15 heavy (non-hydrogen) atoms. The number of carbonyl (C=O) groups is 2. The fourth-order valence-corrected chi connectivity index (χ4v) is 1.35. The Bertz CT molecular complexity index is 337. The first kappa shape index (κ1) is 13.8. The summed E-state index contributed by atoms with van der Waals surface area (Å²) in [6, 6.07) is 0. The van der Waals surface area contributed by atoms with Crippen LogP contribution in [0.1, 0.15) is 0 Å². The minimum atomic E-state index is -3.37. The van der Waals surface area contributed by atoms with Crippen molar-refractivity contribution in [2.24, 2.45) is 5.84 Å². The van der Waals surface area contributed by atoms with E-state index in [0.717, 1.165) is 4.31 Å². The van der Waals surface area contributed by atoms with Crippen molar-refractivity contribution in [3.63, 3.8) is 0 Å². The van der Waals surface area contributed by atoms with Gasteiger partial charge in [-0.2, -0.15) is 0 Å². The van der Waals surface area contributed by atoms with E-state index in [-0.39, 0.29) is 12.3 Å². The maximum absolute atomic E-state index is 11.2. The van der Waals surface area contributed by atoms with Crippen LogP contribution in [0.2, 0.25) is 0 Å². The molecule has 0 aromatic carbocycles. The first-order chi connectivity index (χ1) is 6.81. The topological polar surface area (TPSA) is 122 Å². The van der Waals surface area contributed by atoms with Crippen LogP contribution in [-0.4, -0.2) is 50.9 Å². The molecule has 0 fully saturated rings. The quantitative estimate of drug-likeness (QED) is 0.208. The zero-order valence-electron chi connectivity index (χ0n) is 8.48. The van der Waals surface area contributed by atoms with Crippen LogP contribution >= 0.6 is 0 Å². The van der Waals surface area contributed by atoms with Crippen molar-refractivity contribution in [3.05, 3.63) is 0 Å². The second-order valence-electron chi connectivity index (χ2n) is 2.83. The number of hydrogen-bond acceptors (Lipinski definition) is 5. The molecule has 0 rings (SSSR count). The third kappa shape index (κ3) is 4.72. The average Bonchev–Trinajstić information content (AvgIpc) is 2.15. The first-order valence-electron chi connectivity index (χ1n) is 4.00. The zero-order chi connectivity index (χ0) is 12.1. The molecule has 0 saturated carbocycles. The molecule has 0 heterocycles. The van der Waals surface area contributed by atoms with Gasteiger partial charge in [0, 0.05) is 20.6 Å². The molecule has 9 heteroatoms. The van der Waals surface area contributed by atoms with Crippen molar-refractivity contribution < 1.29 is 18.0 Å². The van der Waals surface area contributed by atoms with Crippen LogP contribution in [0.3, 0.4) is 0 Å². The van der Waals surface area contributed by atoms with E-state index in [1.807, 2.05) is 0 Å². The molecule has 4 N–H and O–H groups in total. The van der Waals surface area contributed by atoms with E-state index in [2.05, 4.69) is 5.32 Å². The van der Waals surface area contributed by atoms with Gasteiger partial charge in [0.25, 0.3) is 0 Å². The summed E-state index contributed by atoms with van der Waals surface area (Å²) < 4.78 is 23.4. The number of nitrogens with two attached hydrogens (primary N) is 1. The van der Waals surface area contributed by atoms with Gasteiger partial charge in [0.1, 0.15) is 0 Å². The van der Waals surface area contributed by atoms with Gasteiger partial charge in [-0.15, -0.1) is 0 Å². The summed E-state index contributed by atoms with van der Waals surface area (Å²) in [5.41, 5.74) is 1.62. The number of nitrogens with one attached hydrogen (secondary N) is 2. The molecule has 0 aliphatic carbocycles. The van der Waals surface area contributed by atoms with Gasteiger partial charge < -0.3 is 5.32 Å². The smallest absolute Gasteiger partial charge is 0.323 e. The fraction of sp³-hybridized carbons (Fsp3) is 0.667. The lowest BCUT2D eigenvalue weighted by atomic mass is 10.5. The molecular weight excluding hydrogens is 224 g/mol. The Morgan fingerprint density at radius 2 is 1.80 bits per heavy atom. The summed E-state index contributed by atoms with van der Waals surface area (Å²) in [5, 5.41) is 2.11. The van der Waals surface area contributed by atoms with Gasteiger partial charge in [-0.3, -0.25) is 15.0 Å². The number of rotatable bonds is 4. The Morgan fingerprint density at radius 3 is 2.20 bits per heavy atom. The Kier molecular flexibility index (Phi) is 5.19. The molecule has 0 aromatic heterocycles. The van der Waals surface area contributed by atoms with Gasteiger partial charge >= 0.3 is 11.8 Å². The normalized spacial score (nSPS) is 11.2. The Labute approximate surface area is 87.8 Å². The Hall–Kier alpha value is -1.19. The van der Waals surface area contributed by atoms with E-state index in [1.165, 1.54) is 14.1 Å². The summed E-state index contributed by atoms with van der Waals surface area (Å²) in [4.78, 5) is 21.4. The highest BCUT2D eigenvalue weighted by molar-refractivity contribution is 7.89. The van der Waals surface area contributed by atoms with E-state index in [1.54, 1.807) is 5.43 Å². The number of nitrogens with zero attached hydrogens (tertiary/aromatic N) is 1. The van der Waals surface area contributed by atoms with E-state index in [4.69, 9.17) is 5.84 Å². The summed E-state index contributed by atoms with van der Waals surface area (Å²) in [6.45, 7) is -0.146. The SMILES string of the molecule is CN(C)S(=O)(=O)CCNC(=O)C(=O)NN. The van der Waals surface area contributed by atoms with Gasteiger partial charge in [0.05, 0.1) is 5.75 Å². The standard InChI is InChI=1S/C6H14N4O4S/c1-10(2)15(13,14)4-3-8-5(11)6(12)9-7/h3-4,7H2,1-2H3,(H,8,11)(H,9,12). The van der Waals surface area contributed by atoms with Gasteiger partial charge in [-0.1, -0.05) is 0 Å². The van der Waals surface area contributed by atoms with Gasteiger partial charge in [0.15, 0.2) is 0 Å². The maximum Gasteiger partial charge on any atom is 0.323 e. The van der Waals surface area contributed by atoms with E-state index < -0.39 is 21.8 Å². The number of hydrazine groups is 1. The van der Waals surface area contributed by atoms with Crippen LogP contribution in [0.15, 0.2) is 0 Å². The summed E-state index contributed by atoms with van der Waals surface area (Å²) >= 11 is 0. The molecule has 0 saturated heterocycles. The number of carbonyl (C=O) groups excluding carboxylic acids is 2. The molecule has 0 spiro atoms. The molecule has 0 aromatic rings. The Balaban J connectivity index is 4.01. The first-order valence-corrected chi connectivity index (χ1v) is 5.61. The average molecular weight is 238 g/mol.